The van der Waals surface area contributed by atoms with Gasteiger partial charge in [-0.1, -0.05) is 0 Å². The summed E-state index contributed by atoms with van der Waals surface area (Å²) in [7, 11) is 0. The average Bonchev–Trinajstić information content (AvgIpc) is 2.17. The molecule has 0 aromatic carbocycles. The maximum Gasteiger partial charge on any atom is 0.114 e. The fraction of sp³-hybridized carbons (Fsp3) is 0.500. The molecule has 0 radical (unpaired) electrons. The Morgan fingerprint density at radius 3 is 3.25 bits per heavy atom. The van der Waals surface area contributed by atoms with Crippen molar-refractivity contribution in [2.24, 2.45) is 0 Å². The van der Waals surface area contributed by atoms with Gasteiger partial charge >= 0.3 is 0 Å². The smallest absolute Gasteiger partial charge is 0.114 e. The summed E-state index contributed by atoms with van der Waals surface area (Å²) < 4.78 is 0. The third-order valence-corrected chi connectivity index (χ3v) is 2.56. The lowest BCUT2D eigenvalue weighted by Crippen LogP contribution is -2.25. The van der Waals surface area contributed by atoms with Gasteiger partial charge in [-0.15, -0.1) is 11.8 Å². The zero-order chi connectivity index (χ0) is 8.39. The molecule has 0 aliphatic carbocycles. The van der Waals surface area contributed by atoms with E-state index in [2.05, 4.69) is 15.3 Å². The summed E-state index contributed by atoms with van der Waals surface area (Å²) in [5, 5.41) is 4.29. The van der Waals surface area contributed by atoms with Crippen LogP contribution in [0.25, 0.3) is 0 Å². The molecule has 0 saturated heterocycles. The first kappa shape index (κ1) is 8.01. The van der Waals surface area contributed by atoms with Crippen molar-refractivity contribution < 1.29 is 0 Å². The highest BCUT2D eigenvalue weighted by atomic mass is 32.2. The van der Waals surface area contributed by atoms with Crippen LogP contribution in [0.4, 0.5) is 0 Å². The standard InChI is InChI=1S/C8H11N3S/c1-12-8-5-10-7-4-9-3-2-6(7)11-8/h5,9H,2-4H2,1H3. The summed E-state index contributed by atoms with van der Waals surface area (Å²) >= 11 is 1.65. The van der Waals surface area contributed by atoms with Crippen LogP contribution in [0.1, 0.15) is 11.4 Å². The minimum atomic E-state index is 0.872. The fourth-order valence-corrected chi connectivity index (χ4v) is 1.65. The van der Waals surface area contributed by atoms with Crippen molar-refractivity contribution in [2.45, 2.75) is 18.0 Å². The van der Waals surface area contributed by atoms with Gasteiger partial charge in [0.05, 0.1) is 17.6 Å². The second-order valence-corrected chi connectivity index (χ2v) is 3.56. The van der Waals surface area contributed by atoms with E-state index in [1.54, 1.807) is 11.8 Å². The molecule has 4 heteroatoms. The zero-order valence-corrected chi connectivity index (χ0v) is 7.82. The molecule has 0 unspecified atom stereocenters. The number of nitrogens with zero attached hydrogens (tertiary/aromatic N) is 2. The molecule has 0 saturated carbocycles. The van der Waals surface area contributed by atoms with E-state index < -0.39 is 0 Å². The molecule has 1 aromatic heterocycles. The topological polar surface area (TPSA) is 37.8 Å². The van der Waals surface area contributed by atoms with Crippen LogP contribution >= 0.6 is 11.8 Å². The first-order valence-electron chi connectivity index (χ1n) is 3.99. The highest BCUT2D eigenvalue weighted by Gasteiger charge is 2.10. The van der Waals surface area contributed by atoms with Gasteiger partial charge in [0, 0.05) is 19.5 Å². The molecule has 64 valence electrons. The summed E-state index contributed by atoms with van der Waals surface area (Å²) in [5.41, 5.74) is 2.28. The maximum atomic E-state index is 4.49. The summed E-state index contributed by atoms with van der Waals surface area (Å²) in [6.07, 6.45) is 4.88. The Morgan fingerprint density at radius 2 is 2.42 bits per heavy atom. The minimum absolute atomic E-state index is 0.872. The fourth-order valence-electron chi connectivity index (χ4n) is 1.29. The third-order valence-electron chi connectivity index (χ3n) is 1.95. The van der Waals surface area contributed by atoms with Gasteiger partial charge in [-0.2, -0.15) is 0 Å². The lowest BCUT2D eigenvalue weighted by atomic mass is 10.2. The monoisotopic (exact) mass is 181 g/mol. The van der Waals surface area contributed by atoms with Gasteiger partial charge in [-0.05, 0) is 6.26 Å². The van der Waals surface area contributed by atoms with Crippen LogP contribution in [-0.4, -0.2) is 22.8 Å². The maximum absolute atomic E-state index is 4.49. The highest BCUT2D eigenvalue weighted by molar-refractivity contribution is 7.98. The van der Waals surface area contributed by atoms with Crippen LogP contribution < -0.4 is 5.32 Å². The molecule has 1 aliphatic heterocycles. The molecule has 2 heterocycles. The first-order valence-corrected chi connectivity index (χ1v) is 5.22. The number of fused-ring (bicyclic) bond motifs is 1. The molecule has 0 atom stereocenters. The summed E-state index contributed by atoms with van der Waals surface area (Å²) in [5.74, 6) is 0. The molecular formula is C8H11N3S. The van der Waals surface area contributed by atoms with E-state index in [4.69, 9.17) is 0 Å². The number of hydrogen-bond acceptors (Lipinski definition) is 4. The highest BCUT2D eigenvalue weighted by Crippen LogP contribution is 2.14. The second kappa shape index (κ2) is 3.41. The Balaban J connectivity index is 2.36. The SMILES string of the molecule is CSc1cnc2c(n1)CCNC2. The molecular weight excluding hydrogens is 170 g/mol. The van der Waals surface area contributed by atoms with Crippen molar-refractivity contribution in [2.75, 3.05) is 12.8 Å². The van der Waals surface area contributed by atoms with Crippen LogP contribution in [0.15, 0.2) is 11.2 Å². The summed E-state index contributed by atoms with van der Waals surface area (Å²) in [4.78, 5) is 8.84. The first-order chi connectivity index (χ1) is 5.90. The lowest BCUT2D eigenvalue weighted by Gasteiger charge is -2.14. The van der Waals surface area contributed by atoms with E-state index in [-0.39, 0.29) is 0 Å². The van der Waals surface area contributed by atoms with Gasteiger partial charge in [0.2, 0.25) is 0 Å². The van der Waals surface area contributed by atoms with Crippen LogP contribution in [0.5, 0.6) is 0 Å². The van der Waals surface area contributed by atoms with E-state index in [9.17, 15) is 0 Å². The molecule has 0 fully saturated rings. The average molecular weight is 181 g/mol. The summed E-state index contributed by atoms with van der Waals surface area (Å²) in [6.45, 7) is 1.90. The second-order valence-electron chi connectivity index (χ2n) is 2.73. The predicted octanol–water partition coefficient (Wildman–Crippen LogP) is 0.844. The number of aromatic nitrogens is 2. The molecule has 1 aromatic rings. The number of nitrogens with one attached hydrogen (secondary N) is 1. The van der Waals surface area contributed by atoms with Crippen LogP contribution in [0.2, 0.25) is 0 Å². The van der Waals surface area contributed by atoms with E-state index in [1.165, 1.54) is 5.69 Å². The van der Waals surface area contributed by atoms with Gasteiger partial charge in [0.1, 0.15) is 5.03 Å². The van der Waals surface area contributed by atoms with E-state index >= 15 is 0 Å². The van der Waals surface area contributed by atoms with Crippen LogP contribution in [-0.2, 0) is 13.0 Å². The van der Waals surface area contributed by atoms with Crippen LogP contribution in [0.3, 0.4) is 0 Å². The van der Waals surface area contributed by atoms with E-state index in [1.807, 2.05) is 12.5 Å². The minimum Gasteiger partial charge on any atom is -0.311 e. The van der Waals surface area contributed by atoms with Crippen molar-refractivity contribution in [3.05, 3.63) is 17.6 Å². The Kier molecular flexibility index (Phi) is 2.28. The van der Waals surface area contributed by atoms with Gasteiger partial charge in [-0.25, -0.2) is 4.98 Å². The van der Waals surface area contributed by atoms with Crippen molar-refractivity contribution in [3.8, 4) is 0 Å². The number of hydrogen-bond donors (Lipinski definition) is 1. The lowest BCUT2D eigenvalue weighted by molar-refractivity contribution is 0.606. The van der Waals surface area contributed by atoms with Crippen molar-refractivity contribution in [1.82, 2.24) is 15.3 Å². The number of thioether (sulfide) groups is 1. The Labute approximate surface area is 76.0 Å². The molecule has 2 rings (SSSR count). The van der Waals surface area contributed by atoms with Gasteiger partial charge in [0.25, 0.3) is 0 Å². The van der Waals surface area contributed by atoms with Gasteiger partial charge < -0.3 is 5.32 Å². The van der Waals surface area contributed by atoms with Gasteiger partial charge in [-0.3, -0.25) is 4.98 Å². The Morgan fingerprint density at radius 1 is 1.50 bits per heavy atom. The molecule has 1 aliphatic rings. The van der Waals surface area contributed by atoms with Crippen LogP contribution in [0, 0.1) is 0 Å². The quantitative estimate of drug-likeness (QED) is 0.652. The largest absolute Gasteiger partial charge is 0.311 e. The Hall–Kier alpha value is -0.610. The zero-order valence-electron chi connectivity index (χ0n) is 7.00. The summed E-state index contributed by atoms with van der Waals surface area (Å²) in [6, 6.07) is 0. The molecule has 1 N–H and O–H groups in total. The molecule has 3 nitrogen and oxygen atoms in total. The van der Waals surface area contributed by atoms with Crippen molar-refractivity contribution >= 4 is 11.8 Å². The van der Waals surface area contributed by atoms with Crippen molar-refractivity contribution in [3.63, 3.8) is 0 Å². The molecule has 0 amide bonds. The molecule has 0 bridgehead atoms. The van der Waals surface area contributed by atoms with Gasteiger partial charge in [0.15, 0.2) is 0 Å². The van der Waals surface area contributed by atoms with Crippen molar-refractivity contribution in [1.29, 1.82) is 0 Å². The Bertz CT molecular complexity index is 288. The third kappa shape index (κ3) is 1.44. The normalized spacial score (nSPS) is 15.8. The van der Waals surface area contributed by atoms with E-state index in [0.29, 0.717) is 0 Å². The van der Waals surface area contributed by atoms with E-state index in [0.717, 1.165) is 30.2 Å². The number of rotatable bonds is 1. The predicted molar refractivity (Wildman–Crippen MR) is 49.2 cm³/mol. The molecule has 12 heavy (non-hydrogen) atoms. The molecule has 0 spiro atoms.